The lowest BCUT2D eigenvalue weighted by Gasteiger charge is -2.32. The number of aryl methyl sites for hydroxylation is 2. The largest absolute Gasteiger partial charge is 0.481 e. The second-order valence-corrected chi connectivity index (χ2v) is 5.97. The number of ether oxygens (including phenoxy) is 1. The van der Waals surface area contributed by atoms with Crippen molar-refractivity contribution in [3.05, 3.63) is 34.9 Å². The van der Waals surface area contributed by atoms with Crippen LogP contribution in [-0.2, 0) is 16.0 Å². The first kappa shape index (κ1) is 13.6. The number of aliphatic carboxylic acids is 1. The average molecular weight is 275 g/mol. The zero-order valence-corrected chi connectivity index (χ0v) is 12.0. The van der Waals surface area contributed by atoms with E-state index >= 15 is 0 Å². The first-order chi connectivity index (χ1) is 9.58. The Hall–Kier alpha value is -1.39. The Balaban J connectivity index is 1.84. The van der Waals surface area contributed by atoms with Crippen LogP contribution in [0.25, 0.3) is 0 Å². The molecular formula is C16H21NO3. The van der Waals surface area contributed by atoms with E-state index in [-0.39, 0.29) is 6.04 Å². The molecule has 1 aromatic carbocycles. The number of carbonyl (C=O) groups is 1. The van der Waals surface area contributed by atoms with Crippen LogP contribution in [-0.4, -0.2) is 42.3 Å². The van der Waals surface area contributed by atoms with Crippen molar-refractivity contribution in [1.82, 2.24) is 4.90 Å². The molecule has 0 saturated carbocycles. The van der Waals surface area contributed by atoms with Gasteiger partial charge < -0.3 is 9.84 Å². The Bertz CT molecular complexity index is 528. The fourth-order valence-electron chi connectivity index (χ4n) is 3.53. The third kappa shape index (κ3) is 2.23. The zero-order chi connectivity index (χ0) is 14.3. The summed E-state index contributed by atoms with van der Waals surface area (Å²) in [6.45, 7) is 2.96. The van der Waals surface area contributed by atoms with Crippen molar-refractivity contribution in [2.24, 2.45) is 5.92 Å². The first-order valence-electron chi connectivity index (χ1n) is 7.20. The number of fused-ring (bicyclic) bond motifs is 1. The third-order valence-electron chi connectivity index (χ3n) is 4.73. The van der Waals surface area contributed by atoms with Gasteiger partial charge in [-0.25, -0.2) is 0 Å². The molecule has 1 N–H and O–H groups in total. The van der Waals surface area contributed by atoms with Gasteiger partial charge in [0.25, 0.3) is 0 Å². The maximum atomic E-state index is 11.3. The van der Waals surface area contributed by atoms with Crippen molar-refractivity contribution in [2.75, 3.05) is 20.3 Å². The first-order valence-corrected chi connectivity index (χ1v) is 7.20. The predicted molar refractivity (Wildman–Crippen MR) is 75.7 cm³/mol. The summed E-state index contributed by atoms with van der Waals surface area (Å²) in [7, 11) is 2.04. The minimum atomic E-state index is -0.748. The van der Waals surface area contributed by atoms with Gasteiger partial charge in [0, 0.05) is 12.1 Å². The van der Waals surface area contributed by atoms with E-state index in [1.807, 2.05) is 7.05 Å². The van der Waals surface area contributed by atoms with Gasteiger partial charge in [-0.15, -0.1) is 0 Å². The molecule has 2 aliphatic rings. The molecule has 4 nitrogen and oxygen atoms in total. The Morgan fingerprint density at radius 2 is 2.20 bits per heavy atom. The summed E-state index contributed by atoms with van der Waals surface area (Å²) in [4.78, 5) is 13.5. The third-order valence-corrected chi connectivity index (χ3v) is 4.73. The molecule has 1 saturated heterocycles. The summed E-state index contributed by atoms with van der Waals surface area (Å²) in [5.74, 6) is -1.16. The number of carboxylic acids is 1. The van der Waals surface area contributed by atoms with Crippen LogP contribution in [0.1, 0.15) is 29.2 Å². The van der Waals surface area contributed by atoms with Crippen molar-refractivity contribution >= 4 is 5.97 Å². The Labute approximate surface area is 119 Å². The Morgan fingerprint density at radius 1 is 1.40 bits per heavy atom. The predicted octanol–water partition coefficient (Wildman–Crippen LogP) is 2.01. The van der Waals surface area contributed by atoms with Gasteiger partial charge in [0.2, 0.25) is 0 Å². The highest BCUT2D eigenvalue weighted by atomic mass is 16.5. The molecule has 108 valence electrons. The molecule has 1 aliphatic carbocycles. The van der Waals surface area contributed by atoms with Crippen molar-refractivity contribution in [3.63, 3.8) is 0 Å². The molecule has 3 atom stereocenters. The second-order valence-electron chi connectivity index (χ2n) is 5.97. The standard InChI is InChI=1S/C16H21NO3/c1-10-3-4-11-5-6-14(12(11)7-10)17(2)15-9-20-8-13(15)16(18)19/h3-4,7,13-15H,5-6,8-9H2,1-2H3,(H,18,19). The number of benzene rings is 1. The lowest BCUT2D eigenvalue weighted by Crippen LogP contribution is -2.42. The molecule has 0 aromatic heterocycles. The minimum absolute atomic E-state index is 0.0241. The average Bonchev–Trinajstić information content (AvgIpc) is 3.04. The van der Waals surface area contributed by atoms with Crippen LogP contribution >= 0.6 is 0 Å². The normalized spacial score (nSPS) is 28.9. The van der Waals surface area contributed by atoms with Gasteiger partial charge in [-0.3, -0.25) is 9.69 Å². The van der Waals surface area contributed by atoms with Crippen LogP contribution in [0.15, 0.2) is 18.2 Å². The van der Waals surface area contributed by atoms with E-state index in [9.17, 15) is 9.90 Å². The molecule has 3 unspecified atom stereocenters. The monoisotopic (exact) mass is 275 g/mol. The van der Waals surface area contributed by atoms with Crippen molar-refractivity contribution in [2.45, 2.75) is 31.8 Å². The Morgan fingerprint density at radius 3 is 2.95 bits per heavy atom. The zero-order valence-electron chi connectivity index (χ0n) is 12.0. The van der Waals surface area contributed by atoms with Crippen LogP contribution in [0.5, 0.6) is 0 Å². The molecule has 4 heteroatoms. The molecule has 0 bridgehead atoms. The number of hydrogen-bond donors (Lipinski definition) is 1. The number of hydrogen-bond acceptors (Lipinski definition) is 3. The Kier molecular flexibility index (Phi) is 3.52. The molecule has 0 spiro atoms. The maximum absolute atomic E-state index is 11.3. The van der Waals surface area contributed by atoms with Crippen LogP contribution in [0, 0.1) is 12.8 Å². The summed E-state index contributed by atoms with van der Waals surface area (Å²) < 4.78 is 5.40. The van der Waals surface area contributed by atoms with E-state index in [0.29, 0.717) is 19.3 Å². The van der Waals surface area contributed by atoms with Crippen LogP contribution in [0.2, 0.25) is 0 Å². The molecule has 0 amide bonds. The fourth-order valence-corrected chi connectivity index (χ4v) is 3.53. The molecule has 1 heterocycles. The number of nitrogens with zero attached hydrogens (tertiary/aromatic N) is 1. The highest BCUT2D eigenvalue weighted by molar-refractivity contribution is 5.71. The van der Waals surface area contributed by atoms with E-state index in [0.717, 1.165) is 12.8 Å². The van der Waals surface area contributed by atoms with Crippen LogP contribution in [0.4, 0.5) is 0 Å². The highest BCUT2D eigenvalue weighted by Gasteiger charge is 2.40. The van der Waals surface area contributed by atoms with E-state index in [4.69, 9.17) is 4.74 Å². The quantitative estimate of drug-likeness (QED) is 0.917. The minimum Gasteiger partial charge on any atom is -0.481 e. The molecular weight excluding hydrogens is 254 g/mol. The fraction of sp³-hybridized carbons (Fsp3) is 0.562. The highest BCUT2D eigenvalue weighted by Crippen LogP contribution is 2.38. The molecule has 0 radical (unpaired) electrons. The van der Waals surface area contributed by atoms with Gasteiger partial charge in [0.1, 0.15) is 0 Å². The maximum Gasteiger partial charge on any atom is 0.310 e. The summed E-state index contributed by atoms with van der Waals surface area (Å²) in [6, 6.07) is 6.90. The lowest BCUT2D eigenvalue weighted by atomic mass is 9.98. The summed E-state index contributed by atoms with van der Waals surface area (Å²) in [5, 5.41) is 9.31. The van der Waals surface area contributed by atoms with Gasteiger partial charge in [0.15, 0.2) is 0 Å². The SMILES string of the molecule is Cc1ccc2c(c1)C(N(C)C1COCC1C(=O)O)CC2. The molecule has 1 aromatic rings. The summed E-state index contributed by atoms with van der Waals surface area (Å²) in [5.41, 5.74) is 4.03. The van der Waals surface area contributed by atoms with Gasteiger partial charge in [-0.1, -0.05) is 23.8 Å². The van der Waals surface area contributed by atoms with E-state index in [2.05, 4.69) is 30.0 Å². The number of likely N-dealkylation sites (N-methyl/N-ethyl adjacent to an activating group) is 1. The van der Waals surface area contributed by atoms with Crippen molar-refractivity contribution < 1.29 is 14.6 Å². The molecule has 1 aliphatic heterocycles. The van der Waals surface area contributed by atoms with Crippen LogP contribution in [0.3, 0.4) is 0 Å². The number of carboxylic acid groups (broad SMARTS) is 1. The van der Waals surface area contributed by atoms with Crippen molar-refractivity contribution in [1.29, 1.82) is 0 Å². The summed E-state index contributed by atoms with van der Waals surface area (Å²) >= 11 is 0. The van der Waals surface area contributed by atoms with Crippen LogP contribution < -0.4 is 0 Å². The number of rotatable bonds is 3. The van der Waals surface area contributed by atoms with Gasteiger partial charge in [0.05, 0.1) is 19.1 Å². The van der Waals surface area contributed by atoms with Gasteiger partial charge >= 0.3 is 5.97 Å². The van der Waals surface area contributed by atoms with Gasteiger partial charge in [-0.2, -0.15) is 0 Å². The summed E-state index contributed by atoms with van der Waals surface area (Å²) in [6.07, 6.45) is 2.15. The van der Waals surface area contributed by atoms with Gasteiger partial charge in [-0.05, 0) is 37.9 Å². The molecule has 20 heavy (non-hydrogen) atoms. The smallest absolute Gasteiger partial charge is 0.310 e. The molecule has 1 fully saturated rings. The van der Waals surface area contributed by atoms with E-state index in [1.165, 1.54) is 16.7 Å². The van der Waals surface area contributed by atoms with Crippen molar-refractivity contribution in [3.8, 4) is 0 Å². The topological polar surface area (TPSA) is 49.8 Å². The van der Waals surface area contributed by atoms with E-state index in [1.54, 1.807) is 0 Å². The lowest BCUT2D eigenvalue weighted by molar-refractivity contribution is -0.143. The second kappa shape index (κ2) is 5.19. The molecule has 3 rings (SSSR count). The van der Waals surface area contributed by atoms with E-state index < -0.39 is 11.9 Å².